The summed E-state index contributed by atoms with van der Waals surface area (Å²) in [5.74, 6) is 0. The van der Waals surface area contributed by atoms with Crippen LogP contribution in [0.4, 0.5) is 0 Å². The van der Waals surface area contributed by atoms with Crippen LogP contribution in [0.15, 0.2) is 12.3 Å². The fourth-order valence-corrected chi connectivity index (χ4v) is 1.61. The minimum Gasteiger partial charge on any atom is -0.382 e. The molecule has 4 nitrogen and oxygen atoms in total. The molecule has 1 aromatic heterocycles. The van der Waals surface area contributed by atoms with E-state index >= 15 is 0 Å². The Labute approximate surface area is 98.0 Å². The van der Waals surface area contributed by atoms with Crippen LogP contribution in [0.1, 0.15) is 32.4 Å². The molecule has 0 saturated carbocycles. The first kappa shape index (κ1) is 13.2. The summed E-state index contributed by atoms with van der Waals surface area (Å²) in [6.07, 6.45) is 4.16. The van der Waals surface area contributed by atoms with Crippen LogP contribution in [-0.4, -0.2) is 29.5 Å². The molecule has 0 spiro atoms. The quantitative estimate of drug-likeness (QED) is 0.651. The highest BCUT2D eigenvalue weighted by Crippen LogP contribution is 1.98. The summed E-state index contributed by atoms with van der Waals surface area (Å²) in [5.41, 5.74) is 1.26. The van der Waals surface area contributed by atoms with E-state index < -0.39 is 0 Å². The number of nitrogens with one attached hydrogen (secondary N) is 1. The van der Waals surface area contributed by atoms with E-state index in [1.54, 1.807) is 0 Å². The molecule has 92 valence electrons. The minimum atomic E-state index is 0.823. The lowest BCUT2D eigenvalue weighted by atomic mass is 10.3. The molecule has 0 atom stereocenters. The lowest BCUT2D eigenvalue weighted by Crippen LogP contribution is -2.18. The number of hydrogen-bond acceptors (Lipinski definition) is 3. The summed E-state index contributed by atoms with van der Waals surface area (Å²) in [4.78, 5) is 0. The fourth-order valence-electron chi connectivity index (χ4n) is 1.61. The van der Waals surface area contributed by atoms with Crippen molar-refractivity contribution in [2.24, 2.45) is 0 Å². The van der Waals surface area contributed by atoms with Crippen LogP contribution in [0.5, 0.6) is 0 Å². The number of hydrogen-bond donors (Lipinski definition) is 1. The largest absolute Gasteiger partial charge is 0.382 e. The molecule has 4 heteroatoms. The van der Waals surface area contributed by atoms with Crippen molar-refractivity contribution >= 4 is 0 Å². The third-order valence-corrected chi connectivity index (χ3v) is 2.51. The number of aryl methyl sites for hydroxylation is 1. The van der Waals surface area contributed by atoms with Crippen molar-refractivity contribution in [1.29, 1.82) is 0 Å². The standard InChI is InChI=1S/C12H23N3O/c1-3-15-12(7-9-14-15)11-13-8-5-6-10-16-4-2/h7,9,13H,3-6,8,10-11H2,1-2H3. The first-order valence-corrected chi connectivity index (χ1v) is 6.17. The van der Waals surface area contributed by atoms with Crippen LogP contribution < -0.4 is 5.32 Å². The van der Waals surface area contributed by atoms with E-state index in [1.165, 1.54) is 12.1 Å². The van der Waals surface area contributed by atoms with E-state index in [4.69, 9.17) is 4.74 Å². The molecule has 0 bridgehead atoms. The third kappa shape index (κ3) is 4.77. The van der Waals surface area contributed by atoms with Crippen LogP contribution in [0.3, 0.4) is 0 Å². The molecule has 0 unspecified atom stereocenters. The van der Waals surface area contributed by atoms with Crippen molar-refractivity contribution in [2.45, 2.75) is 39.8 Å². The van der Waals surface area contributed by atoms with Gasteiger partial charge in [-0.05, 0) is 39.3 Å². The molecule has 0 aromatic carbocycles. The Balaban J connectivity index is 2.03. The number of nitrogens with zero attached hydrogens (tertiary/aromatic N) is 2. The maximum absolute atomic E-state index is 5.28. The van der Waals surface area contributed by atoms with E-state index in [1.807, 2.05) is 17.8 Å². The van der Waals surface area contributed by atoms with Crippen molar-refractivity contribution in [3.8, 4) is 0 Å². The van der Waals surface area contributed by atoms with Gasteiger partial charge in [0.05, 0.1) is 5.69 Å². The second kappa shape index (κ2) is 8.30. The third-order valence-electron chi connectivity index (χ3n) is 2.51. The van der Waals surface area contributed by atoms with Gasteiger partial charge < -0.3 is 10.1 Å². The van der Waals surface area contributed by atoms with Crippen LogP contribution in [0, 0.1) is 0 Å². The average molecular weight is 225 g/mol. The van der Waals surface area contributed by atoms with Gasteiger partial charge >= 0.3 is 0 Å². The molecule has 0 fully saturated rings. The van der Waals surface area contributed by atoms with E-state index in [9.17, 15) is 0 Å². The Bertz CT molecular complexity index is 273. The van der Waals surface area contributed by atoms with E-state index in [0.717, 1.165) is 39.3 Å². The molecule has 1 heterocycles. The molecule has 16 heavy (non-hydrogen) atoms. The summed E-state index contributed by atoms with van der Waals surface area (Å²) in [6.45, 7) is 8.73. The van der Waals surface area contributed by atoms with Crippen molar-refractivity contribution < 1.29 is 4.74 Å². The van der Waals surface area contributed by atoms with E-state index in [2.05, 4.69) is 23.4 Å². The van der Waals surface area contributed by atoms with Crippen LogP contribution in [0.2, 0.25) is 0 Å². The smallest absolute Gasteiger partial charge is 0.0521 e. The Morgan fingerprint density at radius 3 is 3.00 bits per heavy atom. The average Bonchev–Trinajstić information content (AvgIpc) is 2.75. The summed E-state index contributed by atoms with van der Waals surface area (Å²) in [7, 11) is 0. The monoisotopic (exact) mass is 225 g/mol. The SMILES string of the molecule is CCOCCCCNCc1ccnn1CC. The second-order valence-electron chi connectivity index (χ2n) is 3.72. The number of unbranched alkanes of at least 4 members (excludes halogenated alkanes) is 1. The molecular weight excluding hydrogens is 202 g/mol. The number of rotatable bonds is 9. The molecule has 1 N–H and O–H groups in total. The lowest BCUT2D eigenvalue weighted by Gasteiger charge is -2.06. The molecular formula is C12H23N3O. The van der Waals surface area contributed by atoms with Gasteiger partial charge in [-0.25, -0.2) is 0 Å². The predicted molar refractivity (Wildman–Crippen MR) is 65.3 cm³/mol. The highest BCUT2D eigenvalue weighted by Gasteiger charge is 1.98. The first-order chi connectivity index (χ1) is 7.88. The summed E-state index contributed by atoms with van der Waals surface area (Å²) in [5, 5.41) is 7.65. The summed E-state index contributed by atoms with van der Waals surface area (Å²) >= 11 is 0. The van der Waals surface area contributed by atoms with Gasteiger partial charge in [0.1, 0.15) is 0 Å². The lowest BCUT2D eigenvalue weighted by molar-refractivity contribution is 0.143. The van der Waals surface area contributed by atoms with Gasteiger partial charge in [-0.1, -0.05) is 0 Å². The maximum Gasteiger partial charge on any atom is 0.0521 e. The highest BCUT2D eigenvalue weighted by molar-refractivity contribution is 4.99. The van der Waals surface area contributed by atoms with Crippen molar-refractivity contribution in [1.82, 2.24) is 15.1 Å². The Morgan fingerprint density at radius 1 is 1.38 bits per heavy atom. The van der Waals surface area contributed by atoms with Gasteiger partial charge in [-0.2, -0.15) is 5.10 Å². The molecule has 0 aliphatic heterocycles. The molecule has 0 aliphatic rings. The molecule has 0 radical (unpaired) electrons. The highest BCUT2D eigenvalue weighted by atomic mass is 16.5. The first-order valence-electron chi connectivity index (χ1n) is 6.17. The Morgan fingerprint density at radius 2 is 2.25 bits per heavy atom. The normalized spacial score (nSPS) is 10.9. The number of ether oxygens (including phenoxy) is 1. The van der Waals surface area contributed by atoms with E-state index in [-0.39, 0.29) is 0 Å². The van der Waals surface area contributed by atoms with Crippen molar-refractivity contribution in [3.05, 3.63) is 18.0 Å². The van der Waals surface area contributed by atoms with Gasteiger partial charge in [0.25, 0.3) is 0 Å². The van der Waals surface area contributed by atoms with Crippen LogP contribution >= 0.6 is 0 Å². The number of aromatic nitrogens is 2. The maximum atomic E-state index is 5.28. The zero-order valence-corrected chi connectivity index (χ0v) is 10.4. The Kier molecular flexibility index (Phi) is 6.85. The van der Waals surface area contributed by atoms with Gasteiger partial charge in [0.15, 0.2) is 0 Å². The minimum absolute atomic E-state index is 0.823. The topological polar surface area (TPSA) is 39.1 Å². The van der Waals surface area contributed by atoms with Crippen molar-refractivity contribution in [2.75, 3.05) is 19.8 Å². The van der Waals surface area contributed by atoms with Gasteiger partial charge in [-0.3, -0.25) is 4.68 Å². The van der Waals surface area contributed by atoms with Crippen LogP contribution in [0.25, 0.3) is 0 Å². The summed E-state index contributed by atoms with van der Waals surface area (Å²) < 4.78 is 7.30. The second-order valence-corrected chi connectivity index (χ2v) is 3.72. The van der Waals surface area contributed by atoms with Crippen LogP contribution in [-0.2, 0) is 17.8 Å². The zero-order chi connectivity index (χ0) is 11.6. The fraction of sp³-hybridized carbons (Fsp3) is 0.750. The van der Waals surface area contributed by atoms with Gasteiger partial charge in [0, 0.05) is 32.5 Å². The van der Waals surface area contributed by atoms with Gasteiger partial charge in [-0.15, -0.1) is 0 Å². The summed E-state index contributed by atoms with van der Waals surface area (Å²) in [6, 6.07) is 2.07. The van der Waals surface area contributed by atoms with E-state index in [0.29, 0.717) is 0 Å². The zero-order valence-electron chi connectivity index (χ0n) is 10.4. The molecule has 1 aromatic rings. The molecule has 0 amide bonds. The molecule has 0 aliphatic carbocycles. The van der Waals surface area contributed by atoms with Crippen molar-refractivity contribution in [3.63, 3.8) is 0 Å². The Hall–Kier alpha value is -0.870. The van der Waals surface area contributed by atoms with Gasteiger partial charge in [0.2, 0.25) is 0 Å². The molecule has 1 rings (SSSR count). The molecule has 0 saturated heterocycles. The predicted octanol–water partition coefficient (Wildman–Crippen LogP) is 1.81.